The summed E-state index contributed by atoms with van der Waals surface area (Å²) in [5, 5.41) is 13.0. The molecule has 0 radical (unpaired) electrons. The summed E-state index contributed by atoms with van der Waals surface area (Å²) >= 11 is 0. The standard InChI is InChI=1S/C27H33NO8/c1-7-33-25(31)28-22(18-10-13-20-21(14-18)35-15-34-20)16(2)36-27(24(29)30,26(3,4)5)23(28)17-8-11-19(32-6)12-9-17/h8-14,16,22-23H,7,15H2,1-6H3,(H,29,30)/p-1. The van der Waals surface area contributed by atoms with Gasteiger partial charge in [-0.05, 0) is 54.7 Å². The molecule has 0 saturated carbocycles. The van der Waals surface area contributed by atoms with E-state index in [9.17, 15) is 14.7 Å². The van der Waals surface area contributed by atoms with Crippen molar-refractivity contribution in [3.63, 3.8) is 0 Å². The van der Waals surface area contributed by atoms with E-state index in [0.717, 1.165) is 0 Å². The fourth-order valence-electron chi connectivity index (χ4n) is 5.18. The highest BCUT2D eigenvalue weighted by atomic mass is 16.7. The van der Waals surface area contributed by atoms with E-state index in [4.69, 9.17) is 23.7 Å². The molecule has 0 bridgehead atoms. The topological polar surface area (TPSA) is 107 Å². The molecule has 0 spiro atoms. The van der Waals surface area contributed by atoms with Gasteiger partial charge in [-0.1, -0.05) is 39.0 Å². The molecule has 4 atom stereocenters. The van der Waals surface area contributed by atoms with E-state index in [2.05, 4.69) is 0 Å². The van der Waals surface area contributed by atoms with Crippen molar-refractivity contribution in [1.82, 2.24) is 4.90 Å². The summed E-state index contributed by atoms with van der Waals surface area (Å²) in [7, 11) is 1.54. The summed E-state index contributed by atoms with van der Waals surface area (Å²) in [4.78, 5) is 28.2. The number of benzene rings is 2. The molecule has 4 unspecified atom stereocenters. The fraction of sp³-hybridized carbons (Fsp3) is 0.481. The zero-order chi connectivity index (χ0) is 26.3. The van der Waals surface area contributed by atoms with Gasteiger partial charge in [-0.2, -0.15) is 0 Å². The first-order valence-corrected chi connectivity index (χ1v) is 11.9. The number of nitrogens with zero attached hydrogens (tertiary/aromatic N) is 1. The highest BCUT2D eigenvalue weighted by Gasteiger charge is 2.61. The highest BCUT2D eigenvalue weighted by molar-refractivity contribution is 5.81. The molecule has 2 aromatic rings. The van der Waals surface area contributed by atoms with Gasteiger partial charge in [0.15, 0.2) is 11.5 Å². The van der Waals surface area contributed by atoms with Crippen LogP contribution >= 0.6 is 0 Å². The molecule has 2 heterocycles. The number of carboxylic acids is 1. The van der Waals surface area contributed by atoms with E-state index >= 15 is 0 Å². The van der Waals surface area contributed by atoms with Crippen molar-refractivity contribution in [2.75, 3.05) is 20.5 Å². The minimum absolute atomic E-state index is 0.101. The number of carbonyl (C=O) groups is 2. The Labute approximate surface area is 210 Å². The predicted octanol–water partition coefficient (Wildman–Crippen LogP) is 3.62. The van der Waals surface area contributed by atoms with Gasteiger partial charge in [0.25, 0.3) is 0 Å². The molecule has 2 aromatic carbocycles. The average molecular weight is 499 g/mol. The number of amides is 1. The van der Waals surface area contributed by atoms with Crippen LogP contribution < -0.4 is 19.3 Å². The number of carboxylic acid groups (broad SMARTS) is 1. The third-order valence-electron chi connectivity index (χ3n) is 6.85. The van der Waals surface area contributed by atoms with Crippen LogP contribution in [-0.2, 0) is 14.3 Å². The number of rotatable bonds is 5. The first kappa shape index (κ1) is 25.6. The number of fused-ring (bicyclic) bond motifs is 1. The molecule has 194 valence electrons. The van der Waals surface area contributed by atoms with Gasteiger partial charge in [-0.15, -0.1) is 0 Å². The van der Waals surface area contributed by atoms with Gasteiger partial charge in [0, 0.05) is 0 Å². The molecule has 2 aliphatic rings. The van der Waals surface area contributed by atoms with Crippen molar-refractivity contribution in [3.05, 3.63) is 53.6 Å². The largest absolute Gasteiger partial charge is 0.547 e. The molecule has 4 rings (SSSR count). The molecule has 36 heavy (non-hydrogen) atoms. The Morgan fingerprint density at radius 3 is 2.31 bits per heavy atom. The van der Waals surface area contributed by atoms with Crippen LogP contribution in [0.15, 0.2) is 42.5 Å². The summed E-state index contributed by atoms with van der Waals surface area (Å²) in [6.07, 6.45) is -1.40. The Balaban J connectivity index is 1.97. The van der Waals surface area contributed by atoms with Crippen LogP contribution in [0.25, 0.3) is 0 Å². The number of morpholine rings is 1. The van der Waals surface area contributed by atoms with Crippen molar-refractivity contribution in [2.24, 2.45) is 5.41 Å². The minimum atomic E-state index is -1.90. The Morgan fingerprint density at radius 1 is 1.08 bits per heavy atom. The molecule has 2 aliphatic heterocycles. The van der Waals surface area contributed by atoms with Gasteiger partial charge in [0.1, 0.15) is 11.4 Å². The zero-order valence-corrected chi connectivity index (χ0v) is 21.4. The van der Waals surface area contributed by atoms with Crippen LogP contribution in [0.4, 0.5) is 4.79 Å². The number of aliphatic carboxylic acids is 1. The summed E-state index contributed by atoms with van der Waals surface area (Å²) in [5.74, 6) is 0.308. The third-order valence-corrected chi connectivity index (χ3v) is 6.85. The first-order chi connectivity index (χ1) is 17.0. The van der Waals surface area contributed by atoms with Crippen molar-refractivity contribution in [1.29, 1.82) is 0 Å². The molecular weight excluding hydrogens is 466 g/mol. The van der Waals surface area contributed by atoms with Gasteiger partial charge < -0.3 is 33.6 Å². The van der Waals surface area contributed by atoms with E-state index in [1.54, 1.807) is 78.1 Å². The smallest absolute Gasteiger partial charge is 0.410 e. The van der Waals surface area contributed by atoms with Crippen molar-refractivity contribution < 1.29 is 38.4 Å². The molecular formula is C27H32NO8-. The lowest BCUT2D eigenvalue weighted by atomic mass is 9.67. The van der Waals surface area contributed by atoms with E-state index < -0.39 is 41.3 Å². The average Bonchev–Trinajstić information content (AvgIpc) is 3.30. The van der Waals surface area contributed by atoms with Gasteiger partial charge >= 0.3 is 6.09 Å². The molecule has 1 amide bonds. The molecule has 0 aromatic heterocycles. The lowest BCUT2D eigenvalue weighted by molar-refractivity contribution is -0.353. The molecule has 9 nitrogen and oxygen atoms in total. The number of hydrogen-bond acceptors (Lipinski definition) is 8. The number of carbonyl (C=O) groups excluding carboxylic acids is 2. The van der Waals surface area contributed by atoms with Crippen molar-refractivity contribution in [2.45, 2.75) is 58.4 Å². The number of methoxy groups -OCH3 is 1. The molecule has 9 heteroatoms. The fourth-order valence-corrected chi connectivity index (χ4v) is 5.18. The van der Waals surface area contributed by atoms with Crippen LogP contribution in [0, 0.1) is 5.41 Å². The summed E-state index contributed by atoms with van der Waals surface area (Å²) in [5.41, 5.74) is -1.64. The van der Waals surface area contributed by atoms with Gasteiger partial charge in [0.05, 0.1) is 37.9 Å². The van der Waals surface area contributed by atoms with Crippen LogP contribution in [0.2, 0.25) is 0 Å². The number of ether oxygens (including phenoxy) is 5. The van der Waals surface area contributed by atoms with Crippen molar-refractivity contribution >= 4 is 12.1 Å². The molecule has 0 N–H and O–H groups in total. The highest BCUT2D eigenvalue weighted by Crippen LogP contribution is 2.55. The van der Waals surface area contributed by atoms with Gasteiger partial charge in [0.2, 0.25) is 6.79 Å². The predicted molar refractivity (Wildman–Crippen MR) is 128 cm³/mol. The second-order valence-electron chi connectivity index (χ2n) is 9.94. The van der Waals surface area contributed by atoms with E-state index in [1.807, 2.05) is 6.07 Å². The summed E-state index contributed by atoms with van der Waals surface area (Å²) < 4.78 is 28.3. The van der Waals surface area contributed by atoms with Crippen molar-refractivity contribution in [3.8, 4) is 17.2 Å². The minimum Gasteiger partial charge on any atom is -0.547 e. The van der Waals surface area contributed by atoms with E-state index in [1.165, 1.54) is 4.90 Å². The Kier molecular flexibility index (Phi) is 6.79. The lowest BCUT2D eigenvalue weighted by Gasteiger charge is -2.60. The normalized spacial score (nSPS) is 25.4. The van der Waals surface area contributed by atoms with Crippen LogP contribution in [0.5, 0.6) is 17.2 Å². The van der Waals surface area contributed by atoms with Crippen LogP contribution in [0.3, 0.4) is 0 Å². The maximum absolute atomic E-state index is 13.7. The lowest BCUT2D eigenvalue weighted by Crippen LogP contribution is -2.70. The van der Waals surface area contributed by atoms with Gasteiger partial charge in [-0.3, -0.25) is 4.90 Å². The zero-order valence-electron chi connectivity index (χ0n) is 21.4. The quantitative estimate of drug-likeness (QED) is 0.615. The van der Waals surface area contributed by atoms with Crippen LogP contribution in [0.1, 0.15) is 57.8 Å². The molecule has 1 fully saturated rings. The Morgan fingerprint density at radius 2 is 1.72 bits per heavy atom. The second kappa shape index (κ2) is 9.54. The van der Waals surface area contributed by atoms with E-state index in [0.29, 0.717) is 28.4 Å². The number of hydrogen-bond donors (Lipinski definition) is 0. The summed E-state index contributed by atoms with van der Waals surface area (Å²) in [6, 6.07) is 10.5. The van der Waals surface area contributed by atoms with E-state index in [-0.39, 0.29) is 13.4 Å². The Hall–Kier alpha value is -3.46. The molecule has 0 aliphatic carbocycles. The SMILES string of the molecule is CCOC(=O)N1C(c2ccc3c(c2)OCO3)C(C)OC(C(=O)[O-])(C(C)(C)C)C1c1ccc(OC)cc1. The summed E-state index contributed by atoms with van der Waals surface area (Å²) in [6.45, 7) is 8.94. The second-order valence-corrected chi connectivity index (χ2v) is 9.94. The third kappa shape index (κ3) is 4.11. The monoisotopic (exact) mass is 498 g/mol. The molecule has 1 saturated heterocycles. The van der Waals surface area contributed by atoms with Crippen LogP contribution in [-0.4, -0.2) is 49.2 Å². The first-order valence-electron chi connectivity index (χ1n) is 11.9. The Bertz CT molecular complexity index is 1130. The maximum atomic E-state index is 13.7. The van der Waals surface area contributed by atoms with Gasteiger partial charge in [-0.25, -0.2) is 4.79 Å². The maximum Gasteiger partial charge on any atom is 0.410 e.